The summed E-state index contributed by atoms with van der Waals surface area (Å²) in [7, 11) is 0. The Kier molecular flexibility index (Phi) is 4.41. The maximum Gasteiger partial charge on any atom is 0.248 e. The summed E-state index contributed by atoms with van der Waals surface area (Å²) < 4.78 is 1.14. The second kappa shape index (κ2) is 7.01. The molecule has 0 spiro atoms. The summed E-state index contributed by atoms with van der Waals surface area (Å²) in [5.41, 5.74) is 2.67. The van der Waals surface area contributed by atoms with E-state index in [-0.39, 0.29) is 5.91 Å². The van der Waals surface area contributed by atoms with Gasteiger partial charge in [0.25, 0.3) is 0 Å². The number of para-hydroxylation sites is 2. The van der Waals surface area contributed by atoms with Gasteiger partial charge in [-0.05, 0) is 41.8 Å². The Labute approximate surface area is 153 Å². The van der Waals surface area contributed by atoms with Gasteiger partial charge in [0.05, 0.1) is 15.9 Å². The number of thiophene rings is 1. The normalized spacial score (nSPS) is 11.2. The van der Waals surface area contributed by atoms with Crippen LogP contribution in [0.2, 0.25) is 0 Å². The van der Waals surface area contributed by atoms with Crippen LogP contribution < -0.4 is 5.32 Å². The Morgan fingerprint density at radius 1 is 1.00 bits per heavy atom. The summed E-state index contributed by atoms with van der Waals surface area (Å²) >= 11 is 3.22. The number of nitrogens with zero attached hydrogens (tertiary/aromatic N) is 1. The Morgan fingerprint density at radius 2 is 1.84 bits per heavy atom. The number of thiazole rings is 1. The van der Waals surface area contributed by atoms with E-state index in [2.05, 4.69) is 16.4 Å². The molecule has 2 heterocycles. The number of anilines is 1. The molecule has 0 radical (unpaired) electrons. The highest BCUT2D eigenvalue weighted by Gasteiger charge is 2.11. The molecule has 0 aliphatic heterocycles. The van der Waals surface area contributed by atoms with E-state index in [0.717, 1.165) is 31.4 Å². The van der Waals surface area contributed by atoms with E-state index in [4.69, 9.17) is 0 Å². The molecule has 3 nitrogen and oxygen atoms in total. The predicted octanol–water partition coefficient (Wildman–Crippen LogP) is 5.68. The van der Waals surface area contributed by atoms with Gasteiger partial charge in [-0.2, -0.15) is 0 Å². The monoisotopic (exact) mass is 362 g/mol. The van der Waals surface area contributed by atoms with Crippen LogP contribution in [0.5, 0.6) is 0 Å². The maximum atomic E-state index is 12.3. The number of aromatic nitrogens is 1. The number of nitrogens with one attached hydrogen (secondary N) is 1. The molecule has 122 valence electrons. The van der Waals surface area contributed by atoms with Gasteiger partial charge < -0.3 is 5.32 Å². The SMILES string of the molecule is O=C(/C=C/c1cccs1)Nc1ccccc1-c1nc2ccccc2s1. The van der Waals surface area contributed by atoms with Gasteiger partial charge in [0, 0.05) is 16.5 Å². The lowest BCUT2D eigenvalue weighted by Crippen LogP contribution is -2.08. The Balaban J connectivity index is 1.61. The van der Waals surface area contributed by atoms with Crippen molar-refractivity contribution < 1.29 is 4.79 Å². The number of amides is 1. The van der Waals surface area contributed by atoms with Crippen LogP contribution in [0, 0.1) is 0 Å². The second-order valence-corrected chi connectivity index (χ2v) is 7.38. The molecule has 0 atom stereocenters. The lowest BCUT2D eigenvalue weighted by atomic mass is 10.2. The van der Waals surface area contributed by atoms with Crippen LogP contribution in [-0.2, 0) is 4.79 Å². The molecule has 0 saturated carbocycles. The topological polar surface area (TPSA) is 42.0 Å². The molecule has 0 unspecified atom stereocenters. The number of hydrogen-bond acceptors (Lipinski definition) is 4. The number of carbonyl (C=O) groups excluding carboxylic acids is 1. The predicted molar refractivity (Wildman–Crippen MR) is 107 cm³/mol. The van der Waals surface area contributed by atoms with Crippen LogP contribution in [0.1, 0.15) is 4.88 Å². The first-order chi connectivity index (χ1) is 12.3. The minimum atomic E-state index is -0.151. The molecule has 0 fully saturated rings. The number of fused-ring (bicyclic) bond motifs is 1. The minimum Gasteiger partial charge on any atom is -0.322 e. The number of rotatable bonds is 4. The van der Waals surface area contributed by atoms with E-state index in [0.29, 0.717) is 0 Å². The van der Waals surface area contributed by atoms with Crippen LogP contribution in [0.25, 0.3) is 26.9 Å². The van der Waals surface area contributed by atoms with Crippen molar-refractivity contribution in [2.45, 2.75) is 0 Å². The molecule has 1 amide bonds. The van der Waals surface area contributed by atoms with Gasteiger partial charge >= 0.3 is 0 Å². The third-order valence-electron chi connectivity index (χ3n) is 3.65. The summed E-state index contributed by atoms with van der Waals surface area (Å²) in [5.74, 6) is -0.151. The molecule has 5 heteroatoms. The average Bonchev–Trinajstić information content (AvgIpc) is 3.30. The highest BCUT2D eigenvalue weighted by atomic mass is 32.1. The largest absolute Gasteiger partial charge is 0.322 e. The van der Waals surface area contributed by atoms with E-state index >= 15 is 0 Å². The van der Waals surface area contributed by atoms with E-state index < -0.39 is 0 Å². The van der Waals surface area contributed by atoms with Gasteiger partial charge in [-0.3, -0.25) is 4.79 Å². The van der Waals surface area contributed by atoms with Crippen molar-refractivity contribution in [1.29, 1.82) is 0 Å². The van der Waals surface area contributed by atoms with Crippen LogP contribution in [0.4, 0.5) is 5.69 Å². The summed E-state index contributed by atoms with van der Waals surface area (Å²) in [5, 5.41) is 5.85. The fourth-order valence-electron chi connectivity index (χ4n) is 2.48. The van der Waals surface area contributed by atoms with Gasteiger partial charge in [-0.25, -0.2) is 4.98 Å². The van der Waals surface area contributed by atoms with Crippen LogP contribution in [0.15, 0.2) is 72.1 Å². The molecular weight excluding hydrogens is 348 g/mol. The van der Waals surface area contributed by atoms with Crippen molar-refractivity contribution in [3.63, 3.8) is 0 Å². The lowest BCUT2D eigenvalue weighted by Gasteiger charge is -2.07. The Morgan fingerprint density at radius 3 is 2.68 bits per heavy atom. The van der Waals surface area contributed by atoms with E-state index in [1.54, 1.807) is 28.7 Å². The molecule has 2 aromatic carbocycles. The van der Waals surface area contributed by atoms with Crippen molar-refractivity contribution in [3.05, 3.63) is 77.0 Å². The number of carbonyl (C=O) groups is 1. The third-order valence-corrected chi connectivity index (χ3v) is 5.56. The van der Waals surface area contributed by atoms with Crippen molar-refractivity contribution in [3.8, 4) is 10.6 Å². The Bertz CT molecular complexity index is 1020. The molecule has 2 aromatic heterocycles. The van der Waals surface area contributed by atoms with Crippen LogP contribution in [-0.4, -0.2) is 10.9 Å². The fraction of sp³-hybridized carbons (Fsp3) is 0. The summed E-state index contributed by atoms with van der Waals surface area (Å²) in [6.45, 7) is 0. The zero-order chi connectivity index (χ0) is 17.1. The van der Waals surface area contributed by atoms with Crippen molar-refractivity contribution in [1.82, 2.24) is 4.98 Å². The van der Waals surface area contributed by atoms with Crippen molar-refractivity contribution in [2.24, 2.45) is 0 Å². The summed E-state index contributed by atoms with van der Waals surface area (Å²) in [4.78, 5) is 18.0. The summed E-state index contributed by atoms with van der Waals surface area (Å²) in [6.07, 6.45) is 3.38. The van der Waals surface area contributed by atoms with Gasteiger partial charge in [0.1, 0.15) is 5.01 Å². The van der Waals surface area contributed by atoms with E-state index in [1.165, 1.54) is 0 Å². The highest BCUT2D eigenvalue weighted by molar-refractivity contribution is 7.21. The smallest absolute Gasteiger partial charge is 0.248 e. The molecule has 4 aromatic rings. The maximum absolute atomic E-state index is 12.3. The first-order valence-electron chi connectivity index (χ1n) is 7.77. The molecule has 0 aliphatic carbocycles. The quantitative estimate of drug-likeness (QED) is 0.475. The van der Waals surface area contributed by atoms with Crippen molar-refractivity contribution >= 4 is 50.6 Å². The lowest BCUT2D eigenvalue weighted by molar-refractivity contribution is -0.111. The molecular formula is C20H14N2OS2. The van der Waals surface area contributed by atoms with Gasteiger partial charge in [0.15, 0.2) is 0 Å². The number of hydrogen-bond donors (Lipinski definition) is 1. The molecule has 25 heavy (non-hydrogen) atoms. The molecule has 0 aliphatic rings. The fourth-order valence-corrected chi connectivity index (χ4v) is 4.11. The zero-order valence-corrected chi connectivity index (χ0v) is 14.8. The molecule has 0 saturated heterocycles. The van der Waals surface area contributed by atoms with Gasteiger partial charge in [-0.15, -0.1) is 22.7 Å². The molecule has 1 N–H and O–H groups in total. The van der Waals surface area contributed by atoms with Gasteiger partial charge in [-0.1, -0.05) is 30.3 Å². The van der Waals surface area contributed by atoms with Crippen molar-refractivity contribution in [2.75, 3.05) is 5.32 Å². The first kappa shape index (κ1) is 15.7. The molecule has 4 rings (SSSR count). The van der Waals surface area contributed by atoms with Crippen LogP contribution in [0.3, 0.4) is 0 Å². The molecule has 0 bridgehead atoms. The highest BCUT2D eigenvalue weighted by Crippen LogP contribution is 2.34. The van der Waals surface area contributed by atoms with Gasteiger partial charge in [0.2, 0.25) is 5.91 Å². The van der Waals surface area contributed by atoms with E-state index in [1.807, 2.05) is 66.1 Å². The first-order valence-corrected chi connectivity index (χ1v) is 9.47. The van der Waals surface area contributed by atoms with E-state index in [9.17, 15) is 4.79 Å². The standard InChI is InChI=1S/C20H14N2OS2/c23-19(12-11-14-6-5-13-24-14)21-16-8-2-1-7-15(16)20-22-17-9-3-4-10-18(17)25-20/h1-13H,(H,21,23)/b12-11+. The second-order valence-electron chi connectivity index (χ2n) is 5.37. The van der Waals surface area contributed by atoms with Crippen LogP contribution >= 0.6 is 22.7 Å². The third kappa shape index (κ3) is 3.52. The number of benzene rings is 2. The minimum absolute atomic E-state index is 0.151. The summed E-state index contributed by atoms with van der Waals surface area (Å²) in [6, 6.07) is 19.7. The Hall–Kier alpha value is -2.76. The average molecular weight is 362 g/mol. The zero-order valence-electron chi connectivity index (χ0n) is 13.2.